The highest BCUT2D eigenvalue weighted by molar-refractivity contribution is 5.99. The van der Waals surface area contributed by atoms with E-state index in [1.807, 2.05) is 0 Å². The Morgan fingerprint density at radius 1 is 1.37 bits per heavy atom. The molecule has 1 aromatic rings. The van der Waals surface area contributed by atoms with Crippen LogP contribution in [0.3, 0.4) is 0 Å². The average Bonchev–Trinajstić information content (AvgIpc) is 2.37. The molecule has 0 heterocycles. The minimum absolute atomic E-state index is 0.00556. The predicted octanol–water partition coefficient (Wildman–Crippen LogP) is -0.514. The number of nitrogens with zero attached hydrogens (tertiary/aromatic N) is 1. The van der Waals surface area contributed by atoms with Gasteiger partial charge < -0.3 is 16.5 Å². The lowest BCUT2D eigenvalue weighted by atomic mass is 10.1. The molecule has 1 rings (SSSR count). The number of benzene rings is 1. The van der Waals surface area contributed by atoms with Gasteiger partial charge in [-0.3, -0.25) is 25.5 Å². The van der Waals surface area contributed by atoms with E-state index in [0.29, 0.717) is 5.69 Å². The Bertz CT molecular complexity index is 517. The first-order valence-corrected chi connectivity index (χ1v) is 5.27. The molecule has 0 unspecified atom stereocenters. The van der Waals surface area contributed by atoms with E-state index in [1.54, 1.807) is 0 Å². The summed E-state index contributed by atoms with van der Waals surface area (Å²) in [6, 6.07) is 3.79. The van der Waals surface area contributed by atoms with E-state index in [1.165, 1.54) is 12.1 Å². The summed E-state index contributed by atoms with van der Waals surface area (Å²) in [6.45, 7) is 0.00556. The highest BCUT2D eigenvalue weighted by Gasteiger charge is 2.20. The second-order valence-corrected chi connectivity index (χ2v) is 3.61. The van der Waals surface area contributed by atoms with E-state index in [-0.39, 0.29) is 24.2 Å². The molecule has 0 aromatic heterocycles. The third-order valence-corrected chi connectivity index (χ3v) is 2.26. The predicted molar refractivity (Wildman–Crippen MR) is 67.1 cm³/mol. The van der Waals surface area contributed by atoms with Crippen LogP contribution in [0, 0.1) is 10.1 Å². The summed E-state index contributed by atoms with van der Waals surface area (Å²) in [7, 11) is 0. The number of nitro benzene ring substituents is 1. The summed E-state index contributed by atoms with van der Waals surface area (Å²) in [4.78, 5) is 32.4. The number of carbonyl (C=O) groups excluding carboxylic acids is 2. The first-order chi connectivity index (χ1) is 8.95. The van der Waals surface area contributed by atoms with Gasteiger partial charge in [-0.2, -0.15) is 0 Å². The van der Waals surface area contributed by atoms with Crippen LogP contribution in [0.5, 0.6) is 0 Å². The maximum absolute atomic E-state index is 11.8. The fourth-order valence-electron chi connectivity index (χ4n) is 1.36. The van der Waals surface area contributed by atoms with Crippen molar-refractivity contribution in [3.05, 3.63) is 33.9 Å². The second-order valence-electron chi connectivity index (χ2n) is 3.61. The highest BCUT2D eigenvalue weighted by atomic mass is 16.6. The van der Waals surface area contributed by atoms with E-state index >= 15 is 0 Å². The molecular formula is C10H13N5O4. The lowest BCUT2D eigenvalue weighted by Crippen LogP contribution is -2.28. The van der Waals surface area contributed by atoms with Crippen LogP contribution in [-0.2, 0) is 4.79 Å². The van der Waals surface area contributed by atoms with Crippen LogP contribution in [0.25, 0.3) is 0 Å². The quantitative estimate of drug-likeness (QED) is 0.309. The molecule has 0 fully saturated rings. The molecule has 0 bridgehead atoms. The third kappa shape index (κ3) is 3.92. The number of hydrazine groups is 1. The van der Waals surface area contributed by atoms with Crippen molar-refractivity contribution in [2.24, 2.45) is 11.6 Å². The van der Waals surface area contributed by atoms with Gasteiger partial charge in [0.2, 0.25) is 5.91 Å². The van der Waals surface area contributed by atoms with Gasteiger partial charge >= 0.3 is 0 Å². The monoisotopic (exact) mass is 267 g/mol. The molecule has 2 amide bonds. The van der Waals surface area contributed by atoms with E-state index in [0.717, 1.165) is 6.07 Å². The molecule has 102 valence electrons. The summed E-state index contributed by atoms with van der Waals surface area (Å²) in [5, 5.41) is 13.2. The lowest BCUT2D eigenvalue weighted by Gasteiger charge is -2.06. The fraction of sp³-hybridized carbons (Fsp3) is 0.200. The zero-order chi connectivity index (χ0) is 14.4. The van der Waals surface area contributed by atoms with Gasteiger partial charge in [-0.25, -0.2) is 0 Å². The number of amides is 2. The van der Waals surface area contributed by atoms with Crippen molar-refractivity contribution in [1.82, 2.24) is 5.32 Å². The lowest BCUT2D eigenvalue weighted by molar-refractivity contribution is -0.385. The van der Waals surface area contributed by atoms with Crippen molar-refractivity contribution in [2.75, 3.05) is 12.0 Å². The molecule has 0 aliphatic carbocycles. The number of primary amides is 1. The summed E-state index contributed by atoms with van der Waals surface area (Å²) in [5.41, 5.74) is 7.06. The third-order valence-electron chi connectivity index (χ3n) is 2.26. The van der Waals surface area contributed by atoms with Crippen LogP contribution in [0.4, 0.5) is 11.4 Å². The number of hydrogen-bond acceptors (Lipinski definition) is 6. The SMILES string of the molecule is NNc1ccc([N+](=O)[O-])c(C(=O)NCCC(N)=O)c1. The molecule has 1 aromatic carbocycles. The van der Waals surface area contributed by atoms with Crippen molar-refractivity contribution in [3.8, 4) is 0 Å². The van der Waals surface area contributed by atoms with Crippen LogP contribution < -0.4 is 22.3 Å². The second kappa shape index (κ2) is 6.31. The maximum Gasteiger partial charge on any atom is 0.282 e. The number of hydrogen-bond donors (Lipinski definition) is 4. The van der Waals surface area contributed by atoms with Crippen LogP contribution in [0.1, 0.15) is 16.8 Å². The summed E-state index contributed by atoms with van der Waals surface area (Å²) in [5.74, 6) is 3.92. The molecule has 0 aliphatic heterocycles. The molecule has 6 N–H and O–H groups in total. The van der Waals surface area contributed by atoms with Crippen LogP contribution in [0.2, 0.25) is 0 Å². The highest BCUT2D eigenvalue weighted by Crippen LogP contribution is 2.22. The molecular weight excluding hydrogens is 254 g/mol. The fourth-order valence-corrected chi connectivity index (χ4v) is 1.36. The smallest absolute Gasteiger partial charge is 0.282 e. The largest absolute Gasteiger partial charge is 0.370 e. The van der Waals surface area contributed by atoms with Gasteiger partial charge in [-0.05, 0) is 12.1 Å². The van der Waals surface area contributed by atoms with Gasteiger partial charge in [0, 0.05) is 24.7 Å². The molecule has 9 heteroatoms. The van der Waals surface area contributed by atoms with Crippen molar-refractivity contribution in [1.29, 1.82) is 0 Å². The van der Waals surface area contributed by atoms with Crippen molar-refractivity contribution >= 4 is 23.2 Å². The number of anilines is 1. The van der Waals surface area contributed by atoms with E-state index < -0.39 is 16.7 Å². The topological polar surface area (TPSA) is 153 Å². The molecule has 0 aliphatic rings. The van der Waals surface area contributed by atoms with Crippen molar-refractivity contribution in [2.45, 2.75) is 6.42 Å². The molecule has 0 saturated carbocycles. The first-order valence-electron chi connectivity index (χ1n) is 5.27. The standard InChI is InChI=1S/C10H13N5O4/c11-9(16)3-4-13-10(17)7-5-6(14-12)1-2-8(7)15(18)19/h1-2,5,14H,3-4,12H2,(H2,11,16)(H,13,17). The zero-order valence-electron chi connectivity index (χ0n) is 9.88. The molecule has 0 atom stereocenters. The summed E-state index contributed by atoms with van der Waals surface area (Å²) in [6.07, 6.45) is -0.0473. The number of nitrogens with one attached hydrogen (secondary N) is 2. The van der Waals surface area contributed by atoms with Gasteiger partial charge in [0.05, 0.1) is 4.92 Å². The number of rotatable bonds is 6. The Hall–Kier alpha value is -2.68. The molecule has 0 radical (unpaired) electrons. The van der Waals surface area contributed by atoms with Gasteiger partial charge in [-0.15, -0.1) is 0 Å². The van der Waals surface area contributed by atoms with Gasteiger partial charge in [0.15, 0.2) is 0 Å². The summed E-state index contributed by atoms with van der Waals surface area (Å²) >= 11 is 0. The Morgan fingerprint density at radius 2 is 2.05 bits per heavy atom. The number of nitro groups is 1. The molecule has 0 spiro atoms. The minimum atomic E-state index is -0.677. The first kappa shape index (κ1) is 14.4. The zero-order valence-corrected chi connectivity index (χ0v) is 9.88. The number of nitrogens with two attached hydrogens (primary N) is 2. The van der Waals surface area contributed by atoms with Crippen molar-refractivity contribution in [3.63, 3.8) is 0 Å². The van der Waals surface area contributed by atoms with Gasteiger partial charge in [0.25, 0.3) is 11.6 Å². The van der Waals surface area contributed by atoms with Crippen LogP contribution in [0.15, 0.2) is 18.2 Å². The Morgan fingerprint density at radius 3 is 2.58 bits per heavy atom. The molecule has 9 nitrogen and oxygen atoms in total. The summed E-state index contributed by atoms with van der Waals surface area (Å²) < 4.78 is 0. The normalized spacial score (nSPS) is 9.74. The molecule has 19 heavy (non-hydrogen) atoms. The van der Waals surface area contributed by atoms with Gasteiger partial charge in [0.1, 0.15) is 5.56 Å². The van der Waals surface area contributed by atoms with Crippen molar-refractivity contribution < 1.29 is 14.5 Å². The average molecular weight is 267 g/mol. The van der Waals surface area contributed by atoms with E-state index in [4.69, 9.17) is 11.6 Å². The Balaban J connectivity index is 2.92. The Kier molecular flexibility index (Phi) is 4.77. The van der Waals surface area contributed by atoms with E-state index in [9.17, 15) is 19.7 Å². The van der Waals surface area contributed by atoms with Crippen LogP contribution in [-0.4, -0.2) is 23.3 Å². The van der Waals surface area contributed by atoms with Gasteiger partial charge in [-0.1, -0.05) is 0 Å². The minimum Gasteiger partial charge on any atom is -0.370 e. The number of carbonyl (C=O) groups is 2. The Labute approximate surface area is 108 Å². The maximum atomic E-state index is 11.8. The number of nitrogen functional groups attached to an aromatic ring is 1. The molecule has 0 saturated heterocycles. The van der Waals surface area contributed by atoms with Crippen LogP contribution >= 0.6 is 0 Å². The van der Waals surface area contributed by atoms with E-state index in [2.05, 4.69) is 10.7 Å².